The zero-order chi connectivity index (χ0) is 9.26. The van der Waals surface area contributed by atoms with Crippen LogP contribution >= 0.6 is 15.9 Å². The molecule has 0 radical (unpaired) electrons. The average Bonchev–Trinajstić information content (AvgIpc) is 2.63. The molecule has 0 atom stereocenters. The van der Waals surface area contributed by atoms with Crippen molar-refractivity contribution in [2.75, 3.05) is 7.11 Å². The van der Waals surface area contributed by atoms with Crippen LogP contribution in [0.15, 0.2) is 18.5 Å². The monoisotopic (exact) mass is 240 g/mol. The molecule has 1 N–H and O–H groups in total. The Balaban J connectivity index is 2.70. The van der Waals surface area contributed by atoms with Crippen LogP contribution in [0, 0.1) is 0 Å². The van der Waals surface area contributed by atoms with Crippen LogP contribution in [0.4, 0.5) is 0 Å². The number of methoxy groups -OCH3 is 1. The van der Waals surface area contributed by atoms with Crippen molar-refractivity contribution in [2.45, 2.75) is 5.33 Å². The first-order chi connectivity index (χ1) is 6.35. The summed E-state index contributed by atoms with van der Waals surface area (Å²) in [5.74, 6) is 0.813. The van der Waals surface area contributed by atoms with Crippen LogP contribution in [-0.4, -0.2) is 17.1 Å². The van der Waals surface area contributed by atoms with Gasteiger partial charge in [-0.3, -0.25) is 0 Å². The van der Waals surface area contributed by atoms with E-state index < -0.39 is 0 Å². The summed E-state index contributed by atoms with van der Waals surface area (Å²) in [4.78, 5) is 7.23. The lowest BCUT2D eigenvalue weighted by atomic mass is 10.2. The molecule has 0 fully saturated rings. The van der Waals surface area contributed by atoms with Gasteiger partial charge in [0.2, 0.25) is 0 Å². The lowest BCUT2D eigenvalue weighted by Crippen LogP contribution is -1.87. The smallest absolute Gasteiger partial charge is 0.146 e. The van der Waals surface area contributed by atoms with E-state index in [1.807, 2.05) is 6.07 Å². The van der Waals surface area contributed by atoms with Crippen molar-refractivity contribution in [1.82, 2.24) is 9.97 Å². The Labute approximate surface area is 84.3 Å². The number of hydrogen-bond donors (Lipinski definition) is 1. The molecule has 0 unspecified atom stereocenters. The molecule has 68 valence electrons. The first-order valence-electron chi connectivity index (χ1n) is 3.91. The summed E-state index contributed by atoms with van der Waals surface area (Å²) in [6.45, 7) is 0. The van der Waals surface area contributed by atoms with E-state index in [1.54, 1.807) is 13.4 Å². The molecule has 2 rings (SSSR count). The summed E-state index contributed by atoms with van der Waals surface area (Å²) >= 11 is 3.41. The normalized spacial score (nSPS) is 10.6. The van der Waals surface area contributed by atoms with Gasteiger partial charge in [0.25, 0.3) is 0 Å². The molecule has 0 bridgehead atoms. The molecular weight excluding hydrogens is 232 g/mol. The maximum absolute atomic E-state index is 5.22. The fourth-order valence-corrected chi connectivity index (χ4v) is 1.63. The molecule has 0 aliphatic heterocycles. The zero-order valence-electron chi connectivity index (χ0n) is 7.17. The maximum Gasteiger partial charge on any atom is 0.146 e. The van der Waals surface area contributed by atoms with Crippen LogP contribution < -0.4 is 4.74 Å². The Morgan fingerprint density at radius 3 is 3.08 bits per heavy atom. The molecule has 1 aromatic heterocycles. The molecule has 4 heteroatoms. The lowest BCUT2D eigenvalue weighted by molar-refractivity contribution is 0.418. The number of hydrogen-bond acceptors (Lipinski definition) is 2. The summed E-state index contributed by atoms with van der Waals surface area (Å²) in [6.07, 6.45) is 1.67. The van der Waals surface area contributed by atoms with E-state index in [0.717, 1.165) is 22.1 Å². The number of alkyl halides is 1. The first-order valence-corrected chi connectivity index (χ1v) is 5.03. The Morgan fingerprint density at radius 1 is 1.54 bits per heavy atom. The van der Waals surface area contributed by atoms with Crippen molar-refractivity contribution in [1.29, 1.82) is 0 Å². The number of imidazole rings is 1. The highest BCUT2D eigenvalue weighted by molar-refractivity contribution is 9.08. The summed E-state index contributed by atoms with van der Waals surface area (Å²) in [5, 5.41) is 0.818. The van der Waals surface area contributed by atoms with Gasteiger partial charge in [-0.2, -0.15) is 0 Å². The number of rotatable bonds is 2. The molecule has 0 amide bonds. The van der Waals surface area contributed by atoms with E-state index >= 15 is 0 Å². The number of H-pyrrole nitrogens is 1. The van der Waals surface area contributed by atoms with Crippen molar-refractivity contribution in [3.63, 3.8) is 0 Å². The standard InChI is InChI=1S/C9H9BrN2O/c1-13-8-3-6(4-10)2-7-9(8)12-5-11-7/h2-3,5H,4H2,1H3,(H,11,12). The van der Waals surface area contributed by atoms with E-state index in [0.29, 0.717) is 0 Å². The zero-order valence-corrected chi connectivity index (χ0v) is 8.76. The quantitative estimate of drug-likeness (QED) is 0.820. The third-order valence-corrected chi connectivity index (χ3v) is 2.57. The van der Waals surface area contributed by atoms with Crippen LogP contribution in [0.1, 0.15) is 5.56 Å². The summed E-state index contributed by atoms with van der Waals surface area (Å²) in [7, 11) is 1.65. The second-order valence-corrected chi connectivity index (χ2v) is 3.29. The summed E-state index contributed by atoms with van der Waals surface area (Å²) < 4.78 is 5.22. The van der Waals surface area contributed by atoms with E-state index in [1.165, 1.54) is 5.56 Å². The molecule has 3 nitrogen and oxygen atoms in total. The van der Waals surface area contributed by atoms with Crippen LogP contribution in [-0.2, 0) is 5.33 Å². The number of nitrogens with zero attached hydrogens (tertiary/aromatic N) is 1. The molecule has 0 aliphatic rings. The van der Waals surface area contributed by atoms with Gasteiger partial charge in [-0.25, -0.2) is 4.98 Å². The number of benzene rings is 1. The van der Waals surface area contributed by atoms with Crippen molar-refractivity contribution in [3.05, 3.63) is 24.0 Å². The predicted octanol–water partition coefficient (Wildman–Crippen LogP) is 2.47. The molecule has 13 heavy (non-hydrogen) atoms. The van der Waals surface area contributed by atoms with Gasteiger partial charge in [0.15, 0.2) is 0 Å². The molecule has 2 aromatic rings. The molecule has 1 heterocycles. The predicted molar refractivity (Wildman–Crippen MR) is 55.3 cm³/mol. The topological polar surface area (TPSA) is 37.9 Å². The maximum atomic E-state index is 5.22. The van der Waals surface area contributed by atoms with Gasteiger partial charge in [0, 0.05) is 5.33 Å². The van der Waals surface area contributed by atoms with E-state index in [9.17, 15) is 0 Å². The second-order valence-electron chi connectivity index (χ2n) is 2.73. The van der Waals surface area contributed by atoms with Crippen molar-refractivity contribution in [2.24, 2.45) is 0 Å². The SMILES string of the molecule is COc1cc(CBr)cc2[nH]cnc12. The van der Waals surface area contributed by atoms with Gasteiger partial charge >= 0.3 is 0 Å². The Bertz CT molecular complexity index is 424. The highest BCUT2D eigenvalue weighted by Gasteiger charge is 2.05. The number of aromatic nitrogens is 2. The molecule has 0 spiro atoms. The van der Waals surface area contributed by atoms with Gasteiger partial charge < -0.3 is 9.72 Å². The first kappa shape index (κ1) is 8.56. The van der Waals surface area contributed by atoms with Gasteiger partial charge in [0.05, 0.1) is 19.0 Å². The van der Waals surface area contributed by atoms with E-state index in [-0.39, 0.29) is 0 Å². The Kier molecular flexibility index (Phi) is 2.22. The van der Waals surface area contributed by atoms with E-state index in [2.05, 4.69) is 32.0 Å². The van der Waals surface area contributed by atoms with Crippen LogP contribution in [0.2, 0.25) is 0 Å². The molecule has 0 aliphatic carbocycles. The molecule has 0 saturated heterocycles. The minimum Gasteiger partial charge on any atom is -0.494 e. The third-order valence-electron chi connectivity index (χ3n) is 1.92. The largest absolute Gasteiger partial charge is 0.494 e. The summed E-state index contributed by atoms with van der Waals surface area (Å²) in [6, 6.07) is 4.04. The van der Waals surface area contributed by atoms with Crippen LogP contribution in [0.5, 0.6) is 5.75 Å². The van der Waals surface area contributed by atoms with Gasteiger partial charge in [-0.15, -0.1) is 0 Å². The molecule has 0 saturated carbocycles. The minimum absolute atomic E-state index is 0.813. The van der Waals surface area contributed by atoms with Crippen LogP contribution in [0.3, 0.4) is 0 Å². The molecule has 1 aromatic carbocycles. The minimum atomic E-state index is 0.813. The number of aromatic amines is 1. The Morgan fingerprint density at radius 2 is 2.38 bits per heavy atom. The summed E-state index contributed by atoms with van der Waals surface area (Å²) in [5.41, 5.74) is 3.06. The lowest BCUT2D eigenvalue weighted by Gasteiger charge is -2.02. The third kappa shape index (κ3) is 1.42. The second kappa shape index (κ2) is 3.38. The van der Waals surface area contributed by atoms with Crippen LogP contribution in [0.25, 0.3) is 11.0 Å². The van der Waals surface area contributed by atoms with Crippen molar-refractivity contribution in [3.8, 4) is 5.75 Å². The fraction of sp³-hybridized carbons (Fsp3) is 0.222. The van der Waals surface area contributed by atoms with Crippen molar-refractivity contribution >= 4 is 27.0 Å². The molecular formula is C9H9BrN2O. The highest BCUT2D eigenvalue weighted by atomic mass is 79.9. The highest BCUT2D eigenvalue weighted by Crippen LogP contribution is 2.25. The Hall–Kier alpha value is -1.03. The number of nitrogens with one attached hydrogen (secondary N) is 1. The number of ether oxygens (including phenoxy) is 1. The van der Waals surface area contributed by atoms with Gasteiger partial charge in [-0.05, 0) is 17.7 Å². The van der Waals surface area contributed by atoms with Gasteiger partial charge in [-0.1, -0.05) is 15.9 Å². The number of fused-ring (bicyclic) bond motifs is 1. The fourth-order valence-electron chi connectivity index (χ4n) is 1.31. The average molecular weight is 241 g/mol. The van der Waals surface area contributed by atoms with E-state index in [4.69, 9.17) is 4.74 Å². The van der Waals surface area contributed by atoms with Crippen molar-refractivity contribution < 1.29 is 4.74 Å². The number of halogens is 1. The van der Waals surface area contributed by atoms with Gasteiger partial charge in [0.1, 0.15) is 11.3 Å².